The molecule has 7 nitrogen and oxygen atoms in total. The maximum Gasteiger partial charge on any atom is 0.405 e. The van der Waals surface area contributed by atoms with E-state index < -0.39 is 29.9 Å². The smallest absolute Gasteiger partial charge is 0.405 e. The molecule has 4 aromatic rings. The second-order valence-corrected chi connectivity index (χ2v) is 10.4. The largest absolute Gasteiger partial charge is 0.437 e. The number of rotatable bonds is 10. The quantitative estimate of drug-likeness (QED) is 0.146. The molecule has 0 radical (unpaired) electrons. The number of pyridine rings is 1. The van der Waals surface area contributed by atoms with Crippen LogP contribution in [0.25, 0.3) is 33.6 Å². The van der Waals surface area contributed by atoms with Gasteiger partial charge in [0.2, 0.25) is 5.71 Å². The highest BCUT2D eigenvalue weighted by molar-refractivity contribution is 6.11. The number of aliphatic hydroxyl groups is 1. The van der Waals surface area contributed by atoms with Crippen LogP contribution >= 0.6 is 0 Å². The normalized spacial score (nSPS) is 12.0. The molecule has 0 aliphatic heterocycles. The van der Waals surface area contributed by atoms with E-state index in [1.54, 1.807) is 24.3 Å². The first-order chi connectivity index (χ1) is 19.3. The average molecular weight is 572 g/mol. The summed E-state index contributed by atoms with van der Waals surface area (Å²) in [6.07, 6.45) is -3.95. The van der Waals surface area contributed by atoms with Crippen LogP contribution in [0.2, 0.25) is 0 Å². The molecule has 0 atom stereocenters. The number of alkyl halides is 3. The molecule has 41 heavy (non-hydrogen) atoms. The summed E-state index contributed by atoms with van der Waals surface area (Å²) >= 11 is 0. The standard InChI is InChI=1S/C30H29F4N3O4/c1-29(2,16-38)12-11-23(39)19-6-4-5-18(13-19)21-14-22-24(27(40)35-3)25(17-7-9-20(31)10-8-17)41-28(22)37-26(21)36-15-30(32,33)34/h4-10,13-14,38H,11-12,15-16H2,1-3H3,(H,35,40)(H,36,37). The number of nitrogens with one attached hydrogen (secondary N) is 2. The molecule has 11 heteroatoms. The van der Waals surface area contributed by atoms with Crippen molar-refractivity contribution in [3.05, 3.63) is 71.5 Å². The number of furan rings is 1. The molecule has 2 aromatic carbocycles. The Hall–Kier alpha value is -4.25. The third kappa shape index (κ3) is 6.91. The van der Waals surface area contributed by atoms with Gasteiger partial charge in [-0.25, -0.2) is 4.39 Å². The first-order valence-corrected chi connectivity index (χ1v) is 12.8. The number of nitrogens with zero attached hydrogens (tertiary/aromatic N) is 1. The van der Waals surface area contributed by atoms with Crippen molar-refractivity contribution in [1.82, 2.24) is 10.3 Å². The molecule has 1 amide bonds. The number of amides is 1. The van der Waals surface area contributed by atoms with Crippen molar-refractivity contribution < 1.29 is 36.7 Å². The number of anilines is 1. The molecule has 4 rings (SSSR count). The van der Waals surface area contributed by atoms with E-state index in [1.165, 1.54) is 37.4 Å². The molecule has 0 fully saturated rings. The first-order valence-electron chi connectivity index (χ1n) is 12.8. The molecule has 2 aromatic heterocycles. The van der Waals surface area contributed by atoms with Gasteiger partial charge >= 0.3 is 6.18 Å². The van der Waals surface area contributed by atoms with Crippen molar-refractivity contribution >= 4 is 28.6 Å². The summed E-state index contributed by atoms with van der Waals surface area (Å²) in [5.74, 6) is -1.33. The maximum atomic E-state index is 13.6. The Morgan fingerprint density at radius 1 is 1.02 bits per heavy atom. The van der Waals surface area contributed by atoms with E-state index in [0.717, 1.165) is 0 Å². The van der Waals surface area contributed by atoms with E-state index in [2.05, 4.69) is 15.6 Å². The average Bonchev–Trinajstić information content (AvgIpc) is 3.32. The molecule has 0 bridgehead atoms. The van der Waals surface area contributed by atoms with Crippen LogP contribution in [0.3, 0.4) is 0 Å². The molecule has 0 spiro atoms. The van der Waals surface area contributed by atoms with Gasteiger partial charge < -0.3 is 20.2 Å². The number of Topliss-reactive ketones (excluding diaryl/α,β-unsaturated/α-hetero) is 1. The number of aliphatic hydroxyl groups excluding tert-OH is 1. The number of benzene rings is 2. The van der Waals surface area contributed by atoms with Crippen LogP contribution in [0.5, 0.6) is 0 Å². The third-order valence-electron chi connectivity index (χ3n) is 6.65. The van der Waals surface area contributed by atoms with E-state index >= 15 is 0 Å². The number of aromatic nitrogens is 1. The van der Waals surface area contributed by atoms with Crippen LogP contribution in [-0.4, -0.2) is 48.2 Å². The van der Waals surface area contributed by atoms with Gasteiger partial charge in [0.1, 0.15) is 23.9 Å². The summed E-state index contributed by atoms with van der Waals surface area (Å²) < 4.78 is 59.0. The Morgan fingerprint density at radius 2 is 1.73 bits per heavy atom. The zero-order chi connectivity index (χ0) is 29.9. The van der Waals surface area contributed by atoms with E-state index in [0.29, 0.717) is 23.1 Å². The van der Waals surface area contributed by atoms with Crippen molar-refractivity contribution in [3.8, 4) is 22.5 Å². The lowest BCUT2D eigenvalue weighted by molar-refractivity contribution is -0.115. The summed E-state index contributed by atoms with van der Waals surface area (Å²) in [5.41, 5.74) is 0.832. The fourth-order valence-electron chi connectivity index (χ4n) is 4.25. The van der Waals surface area contributed by atoms with Crippen LogP contribution in [-0.2, 0) is 0 Å². The molecular formula is C30H29F4N3O4. The number of halogens is 4. The lowest BCUT2D eigenvalue weighted by Gasteiger charge is -2.20. The number of ketones is 1. The van der Waals surface area contributed by atoms with Gasteiger partial charge in [0, 0.05) is 36.8 Å². The molecule has 216 valence electrons. The minimum absolute atomic E-state index is 0.0706. The lowest BCUT2D eigenvalue weighted by atomic mass is 9.87. The molecule has 0 saturated carbocycles. The Bertz CT molecular complexity index is 1580. The van der Waals surface area contributed by atoms with Gasteiger partial charge in [-0.05, 0) is 53.8 Å². The highest BCUT2D eigenvalue weighted by Gasteiger charge is 2.29. The monoisotopic (exact) mass is 571 g/mol. The van der Waals surface area contributed by atoms with Gasteiger partial charge in [-0.1, -0.05) is 32.0 Å². The second-order valence-electron chi connectivity index (χ2n) is 10.4. The Balaban J connectivity index is 1.87. The van der Waals surface area contributed by atoms with Crippen molar-refractivity contribution in [2.75, 3.05) is 25.5 Å². The molecule has 0 unspecified atom stereocenters. The molecule has 3 N–H and O–H groups in total. The third-order valence-corrected chi connectivity index (χ3v) is 6.65. The van der Waals surface area contributed by atoms with Crippen LogP contribution in [0.1, 0.15) is 47.4 Å². The first kappa shape index (κ1) is 29.7. The fourth-order valence-corrected chi connectivity index (χ4v) is 4.25. The number of hydrogen-bond donors (Lipinski definition) is 3. The topological polar surface area (TPSA) is 104 Å². The van der Waals surface area contributed by atoms with Gasteiger partial charge in [0.25, 0.3) is 5.91 Å². The molecule has 0 saturated heterocycles. The zero-order valence-corrected chi connectivity index (χ0v) is 22.7. The van der Waals surface area contributed by atoms with Crippen LogP contribution in [0.15, 0.2) is 59.0 Å². The Morgan fingerprint density at radius 3 is 2.37 bits per heavy atom. The van der Waals surface area contributed by atoms with Crippen LogP contribution in [0.4, 0.5) is 23.4 Å². The Labute approximate surface area is 233 Å². The van der Waals surface area contributed by atoms with Crippen molar-refractivity contribution in [3.63, 3.8) is 0 Å². The minimum atomic E-state index is -4.55. The highest BCUT2D eigenvalue weighted by atomic mass is 19.4. The summed E-state index contributed by atoms with van der Waals surface area (Å²) in [5, 5.41) is 14.6. The Kier molecular flexibility index (Phi) is 8.48. The molecule has 2 heterocycles. The van der Waals surface area contributed by atoms with Gasteiger partial charge in [-0.2, -0.15) is 18.2 Å². The van der Waals surface area contributed by atoms with Crippen molar-refractivity contribution in [1.29, 1.82) is 0 Å². The second kappa shape index (κ2) is 11.7. The van der Waals surface area contributed by atoms with E-state index in [-0.39, 0.29) is 52.6 Å². The van der Waals surface area contributed by atoms with E-state index in [4.69, 9.17) is 4.42 Å². The number of hydrogen-bond acceptors (Lipinski definition) is 6. The summed E-state index contributed by atoms with van der Waals surface area (Å²) in [7, 11) is 1.41. The predicted molar refractivity (Wildman–Crippen MR) is 147 cm³/mol. The summed E-state index contributed by atoms with van der Waals surface area (Å²) in [6, 6.07) is 13.1. The molecule has 0 aliphatic rings. The predicted octanol–water partition coefficient (Wildman–Crippen LogP) is 6.62. The molecular weight excluding hydrogens is 542 g/mol. The lowest BCUT2D eigenvalue weighted by Crippen LogP contribution is -2.22. The number of carbonyl (C=O) groups is 2. The van der Waals surface area contributed by atoms with Crippen LogP contribution in [0, 0.1) is 11.2 Å². The minimum Gasteiger partial charge on any atom is -0.437 e. The van der Waals surface area contributed by atoms with Gasteiger partial charge in [-0.15, -0.1) is 0 Å². The molecule has 0 aliphatic carbocycles. The summed E-state index contributed by atoms with van der Waals surface area (Å²) in [6.45, 7) is 2.20. The van der Waals surface area contributed by atoms with E-state index in [9.17, 15) is 32.3 Å². The van der Waals surface area contributed by atoms with Crippen molar-refractivity contribution in [2.24, 2.45) is 5.41 Å². The highest BCUT2D eigenvalue weighted by Crippen LogP contribution is 2.38. The van der Waals surface area contributed by atoms with Crippen LogP contribution < -0.4 is 10.6 Å². The number of carbonyl (C=O) groups excluding carboxylic acids is 2. The van der Waals surface area contributed by atoms with Gasteiger partial charge in [0.05, 0.1) is 10.9 Å². The maximum absolute atomic E-state index is 13.6. The SMILES string of the molecule is CNC(=O)c1c(-c2ccc(F)cc2)oc2nc(NCC(F)(F)F)c(-c3cccc(C(=O)CCC(C)(C)CO)c3)cc12. The van der Waals surface area contributed by atoms with Gasteiger partial charge in [-0.3, -0.25) is 9.59 Å². The van der Waals surface area contributed by atoms with Crippen molar-refractivity contribution in [2.45, 2.75) is 32.9 Å². The van der Waals surface area contributed by atoms with E-state index in [1.807, 2.05) is 13.8 Å². The zero-order valence-electron chi connectivity index (χ0n) is 22.7. The van der Waals surface area contributed by atoms with Gasteiger partial charge in [0.15, 0.2) is 5.78 Å². The number of fused-ring (bicyclic) bond motifs is 1. The summed E-state index contributed by atoms with van der Waals surface area (Å²) in [4.78, 5) is 30.2. The fraction of sp³-hybridized carbons (Fsp3) is 0.300.